The number of nitrogens with zero attached hydrogens (tertiary/aromatic N) is 3. The average Bonchev–Trinajstić information content (AvgIpc) is 3.22. The van der Waals surface area contributed by atoms with E-state index >= 15 is 0 Å². The van der Waals surface area contributed by atoms with Crippen LogP contribution in [-0.2, 0) is 43.4 Å². The molecule has 0 spiro atoms. The maximum absolute atomic E-state index is 13.4. The fourth-order valence-corrected chi connectivity index (χ4v) is 7.05. The summed E-state index contributed by atoms with van der Waals surface area (Å²) >= 11 is 0. The molecule has 17 heteroatoms. The van der Waals surface area contributed by atoms with E-state index in [1.54, 1.807) is 34.2 Å². The Morgan fingerprint density at radius 3 is 2.23 bits per heavy atom. The second kappa shape index (κ2) is 22.3. The third kappa shape index (κ3) is 12.9. The van der Waals surface area contributed by atoms with Gasteiger partial charge >= 0.3 is 12.2 Å². The third-order valence-electron chi connectivity index (χ3n) is 10.3. The SMILES string of the molecule is Cl.Cl.NCc1cccc(C(=O)NC2CCN(C(=O)OC[C@H]3OCC[C@@H](OC(=O)N4CCC(C(=O)NCc5ccc(N)nc5)CC4)[C@@H]3OCc3ccccc3)CC2)c1. The minimum atomic E-state index is -0.699. The van der Waals surface area contributed by atoms with Gasteiger partial charge in [-0.2, -0.15) is 0 Å². The van der Waals surface area contributed by atoms with Crippen molar-refractivity contribution in [1.29, 1.82) is 0 Å². The van der Waals surface area contributed by atoms with Gasteiger partial charge in [-0.3, -0.25) is 9.59 Å². The molecule has 4 heterocycles. The number of carbonyl (C=O) groups is 4. The summed E-state index contributed by atoms with van der Waals surface area (Å²) in [4.78, 5) is 59.6. The number of nitrogens with two attached hydrogens (primary N) is 2. The number of likely N-dealkylation sites (tertiary alicyclic amines) is 2. The van der Waals surface area contributed by atoms with Gasteiger partial charge in [0.05, 0.1) is 13.2 Å². The molecule has 1 aromatic heterocycles. The van der Waals surface area contributed by atoms with Crippen LogP contribution in [0.25, 0.3) is 0 Å². The van der Waals surface area contributed by atoms with E-state index in [4.69, 9.17) is 30.4 Å². The van der Waals surface area contributed by atoms with Gasteiger partial charge in [0.1, 0.15) is 30.7 Å². The summed E-state index contributed by atoms with van der Waals surface area (Å²) in [7, 11) is 0. The van der Waals surface area contributed by atoms with Crippen LogP contribution in [-0.4, -0.2) is 103 Å². The first-order chi connectivity index (χ1) is 26.7. The molecule has 0 bridgehead atoms. The van der Waals surface area contributed by atoms with Gasteiger partial charge in [0.2, 0.25) is 5.91 Å². The molecule has 310 valence electrons. The van der Waals surface area contributed by atoms with Crippen molar-refractivity contribution in [2.45, 2.75) is 76.2 Å². The molecule has 3 atom stereocenters. The van der Waals surface area contributed by atoms with Crippen LogP contribution in [0.1, 0.15) is 59.2 Å². The zero-order chi connectivity index (χ0) is 38.6. The van der Waals surface area contributed by atoms with Gasteiger partial charge in [0.25, 0.3) is 5.91 Å². The minimum absolute atomic E-state index is 0. The van der Waals surface area contributed by atoms with Crippen LogP contribution >= 0.6 is 24.8 Å². The van der Waals surface area contributed by atoms with Gasteiger partial charge < -0.3 is 50.8 Å². The quantitative estimate of drug-likeness (QED) is 0.204. The summed E-state index contributed by atoms with van der Waals surface area (Å²) < 4.78 is 24.2. The lowest BCUT2D eigenvalue weighted by atomic mass is 9.96. The van der Waals surface area contributed by atoms with Gasteiger partial charge in [-0.25, -0.2) is 14.6 Å². The van der Waals surface area contributed by atoms with E-state index < -0.39 is 30.5 Å². The number of hydrogen-bond acceptors (Lipinski definition) is 11. The van der Waals surface area contributed by atoms with Crippen LogP contribution in [0.2, 0.25) is 0 Å². The van der Waals surface area contributed by atoms with Crippen molar-refractivity contribution in [2.75, 3.05) is 45.1 Å². The molecule has 0 unspecified atom stereocenters. The molecule has 3 aliphatic heterocycles. The molecule has 0 radical (unpaired) electrons. The van der Waals surface area contributed by atoms with Gasteiger partial charge in [0.15, 0.2) is 0 Å². The second-order valence-electron chi connectivity index (χ2n) is 14.2. The number of hydrogen-bond donors (Lipinski definition) is 4. The average molecular weight is 831 g/mol. The maximum atomic E-state index is 13.4. The van der Waals surface area contributed by atoms with E-state index in [-0.39, 0.29) is 68.4 Å². The first-order valence-electron chi connectivity index (χ1n) is 19.0. The van der Waals surface area contributed by atoms with Crippen molar-refractivity contribution in [3.63, 3.8) is 0 Å². The number of benzene rings is 2. The number of rotatable bonds is 12. The predicted molar refractivity (Wildman–Crippen MR) is 217 cm³/mol. The van der Waals surface area contributed by atoms with Crippen molar-refractivity contribution >= 4 is 54.6 Å². The predicted octanol–water partition coefficient (Wildman–Crippen LogP) is 4.20. The number of aromatic nitrogens is 1. The lowest BCUT2D eigenvalue weighted by Crippen LogP contribution is -2.53. The monoisotopic (exact) mass is 829 g/mol. The molecule has 3 saturated heterocycles. The second-order valence-corrected chi connectivity index (χ2v) is 14.2. The first kappa shape index (κ1) is 45.0. The maximum Gasteiger partial charge on any atom is 0.410 e. The summed E-state index contributed by atoms with van der Waals surface area (Å²) in [6.07, 6.45) is 1.24. The Balaban J connectivity index is 0.00000360. The highest BCUT2D eigenvalue weighted by molar-refractivity contribution is 5.94. The van der Waals surface area contributed by atoms with Gasteiger partial charge in [0, 0.05) is 69.4 Å². The van der Waals surface area contributed by atoms with E-state index in [1.165, 1.54) is 0 Å². The summed E-state index contributed by atoms with van der Waals surface area (Å²) in [5.74, 6) is -0.0404. The van der Waals surface area contributed by atoms with E-state index in [0.717, 1.165) is 16.7 Å². The number of amides is 4. The normalized spacial score (nSPS) is 20.0. The Morgan fingerprint density at radius 1 is 0.825 bits per heavy atom. The van der Waals surface area contributed by atoms with Gasteiger partial charge in [-0.05, 0) is 60.6 Å². The number of halogens is 2. The van der Waals surface area contributed by atoms with E-state index in [1.807, 2.05) is 48.5 Å². The minimum Gasteiger partial charge on any atom is -0.447 e. The van der Waals surface area contributed by atoms with Crippen molar-refractivity contribution in [2.24, 2.45) is 11.7 Å². The van der Waals surface area contributed by atoms with Crippen LogP contribution in [0, 0.1) is 5.92 Å². The Kier molecular flexibility index (Phi) is 17.6. The molecule has 3 aliphatic rings. The standard InChI is InChI=1S/C40H51N7O8.2ClH/c41-22-28-7-4-8-31(21-28)38(49)45-32-13-18-46(19-14-32)39(50)54-26-34-36(53-25-27-5-2-1-3-6-27)33(15-20-52-34)55-40(51)47-16-11-30(12-17-47)37(48)44-24-29-9-10-35(42)43-23-29;;/h1-10,21,23,30,32-34,36H,11-20,22,24-26,41H2,(H2,42,43)(H,44,48)(H,45,49);2*1H/t33-,34-,36+;;/m1../s1. The lowest BCUT2D eigenvalue weighted by molar-refractivity contribution is -0.178. The van der Waals surface area contributed by atoms with E-state index in [9.17, 15) is 19.2 Å². The largest absolute Gasteiger partial charge is 0.447 e. The van der Waals surface area contributed by atoms with Crippen molar-refractivity contribution in [3.05, 3.63) is 95.2 Å². The number of nitrogen functional groups attached to an aromatic ring is 1. The van der Waals surface area contributed by atoms with Gasteiger partial charge in [-0.15, -0.1) is 24.8 Å². The fraction of sp³-hybridized carbons (Fsp3) is 0.475. The molecular formula is C40H53Cl2N7O8. The first-order valence-corrected chi connectivity index (χ1v) is 19.0. The molecule has 6 rings (SSSR count). The number of carbonyl (C=O) groups excluding carboxylic acids is 4. The van der Waals surface area contributed by atoms with Crippen molar-refractivity contribution in [3.8, 4) is 0 Å². The molecular weight excluding hydrogens is 777 g/mol. The van der Waals surface area contributed by atoms with Crippen LogP contribution in [0.3, 0.4) is 0 Å². The molecule has 6 N–H and O–H groups in total. The molecule has 0 saturated carbocycles. The van der Waals surface area contributed by atoms with Crippen LogP contribution < -0.4 is 22.1 Å². The summed E-state index contributed by atoms with van der Waals surface area (Å²) in [5.41, 5.74) is 14.6. The van der Waals surface area contributed by atoms with Crippen LogP contribution in [0.5, 0.6) is 0 Å². The molecule has 4 amide bonds. The Hall–Kier alpha value is -4.67. The molecule has 3 aromatic rings. The fourth-order valence-electron chi connectivity index (χ4n) is 7.05. The molecule has 2 aromatic carbocycles. The van der Waals surface area contributed by atoms with Gasteiger partial charge in [-0.1, -0.05) is 48.5 Å². The number of pyridine rings is 1. The van der Waals surface area contributed by atoms with Crippen LogP contribution in [0.15, 0.2) is 72.9 Å². The van der Waals surface area contributed by atoms with Crippen molar-refractivity contribution in [1.82, 2.24) is 25.4 Å². The topological polar surface area (TPSA) is 201 Å². The number of anilines is 1. The molecule has 15 nitrogen and oxygen atoms in total. The number of piperidine rings is 2. The molecule has 3 fully saturated rings. The Bertz CT molecular complexity index is 1740. The summed E-state index contributed by atoms with van der Waals surface area (Å²) in [6.45, 7) is 2.75. The number of ether oxygens (including phenoxy) is 4. The smallest absolute Gasteiger partial charge is 0.410 e. The summed E-state index contributed by atoms with van der Waals surface area (Å²) in [6, 6.07) is 20.3. The van der Waals surface area contributed by atoms with E-state index in [2.05, 4.69) is 15.6 Å². The summed E-state index contributed by atoms with van der Waals surface area (Å²) in [5, 5.41) is 6.02. The van der Waals surface area contributed by atoms with Crippen molar-refractivity contribution < 1.29 is 38.1 Å². The highest BCUT2D eigenvalue weighted by atomic mass is 35.5. The highest BCUT2D eigenvalue weighted by Crippen LogP contribution is 2.26. The highest BCUT2D eigenvalue weighted by Gasteiger charge is 2.40. The number of nitrogens with one attached hydrogen (secondary N) is 2. The Morgan fingerprint density at radius 2 is 1.53 bits per heavy atom. The van der Waals surface area contributed by atoms with E-state index in [0.29, 0.717) is 82.8 Å². The zero-order valence-corrected chi connectivity index (χ0v) is 33.4. The zero-order valence-electron chi connectivity index (χ0n) is 31.8. The molecule has 57 heavy (non-hydrogen) atoms. The third-order valence-corrected chi connectivity index (χ3v) is 10.3. The van der Waals surface area contributed by atoms with Crippen LogP contribution in [0.4, 0.5) is 15.4 Å². The Labute approximate surface area is 345 Å². The molecule has 0 aliphatic carbocycles. The lowest BCUT2D eigenvalue weighted by Gasteiger charge is -2.39.